The second kappa shape index (κ2) is 6.33. The molecule has 0 aliphatic heterocycles. The van der Waals surface area contributed by atoms with E-state index in [0.717, 1.165) is 5.01 Å². The van der Waals surface area contributed by atoms with Gasteiger partial charge in [0.25, 0.3) is 0 Å². The quantitative estimate of drug-likeness (QED) is 0.840. The van der Waals surface area contributed by atoms with Crippen molar-refractivity contribution in [2.45, 2.75) is 24.8 Å². The van der Waals surface area contributed by atoms with E-state index in [1.165, 1.54) is 35.6 Å². The van der Waals surface area contributed by atoms with Crippen molar-refractivity contribution < 1.29 is 18.3 Å². The van der Waals surface area contributed by atoms with E-state index in [9.17, 15) is 13.2 Å². The van der Waals surface area contributed by atoms with Crippen molar-refractivity contribution in [1.29, 1.82) is 0 Å². The van der Waals surface area contributed by atoms with E-state index in [2.05, 4.69) is 9.71 Å². The van der Waals surface area contributed by atoms with E-state index in [4.69, 9.17) is 5.11 Å². The highest BCUT2D eigenvalue weighted by Gasteiger charge is 2.14. The first kappa shape index (κ1) is 15.6. The number of aryl methyl sites for hydroxylation is 1. The third-order valence-electron chi connectivity index (χ3n) is 2.70. The summed E-state index contributed by atoms with van der Waals surface area (Å²) in [5, 5.41) is 11.3. The molecule has 1 heterocycles. The van der Waals surface area contributed by atoms with Gasteiger partial charge in [0, 0.05) is 5.38 Å². The molecule has 0 fully saturated rings. The van der Waals surface area contributed by atoms with Crippen LogP contribution in [0.4, 0.5) is 0 Å². The Morgan fingerprint density at radius 3 is 2.52 bits per heavy atom. The Bertz CT molecular complexity index is 736. The summed E-state index contributed by atoms with van der Waals surface area (Å²) in [4.78, 5) is 14.9. The largest absolute Gasteiger partial charge is 0.481 e. The summed E-state index contributed by atoms with van der Waals surface area (Å²) in [5.74, 6) is -0.956. The number of nitrogens with one attached hydrogen (secondary N) is 1. The monoisotopic (exact) mass is 326 g/mol. The number of aromatic nitrogens is 1. The fraction of sp³-hybridized carbons (Fsp3) is 0.231. The van der Waals surface area contributed by atoms with Gasteiger partial charge in [0.05, 0.1) is 28.6 Å². The van der Waals surface area contributed by atoms with Crippen LogP contribution in [0.5, 0.6) is 0 Å². The summed E-state index contributed by atoms with van der Waals surface area (Å²) >= 11 is 1.46. The standard InChI is InChI=1S/C13H14N2O4S2/c1-9-15-11(8-20-9)7-14-21(18,19)12-4-2-10(3-5-12)6-13(16)17/h2-5,8,14H,6-7H2,1H3,(H,16,17). The van der Waals surface area contributed by atoms with E-state index in [1.807, 2.05) is 6.92 Å². The molecule has 2 N–H and O–H groups in total. The van der Waals surface area contributed by atoms with E-state index < -0.39 is 16.0 Å². The smallest absolute Gasteiger partial charge is 0.307 e. The van der Waals surface area contributed by atoms with Gasteiger partial charge in [-0.1, -0.05) is 12.1 Å². The number of rotatable bonds is 6. The van der Waals surface area contributed by atoms with Gasteiger partial charge in [0.15, 0.2) is 0 Å². The summed E-state index contributed by atoms with van der Waals surface area (Å²) in [6, 6.07) is 5.78. The number of benzene rings is 1. The number of hydrogen-bond acceptors (Lipinski definition) is 5. The fourth-order valence-electron chi connectivity index (χ4n) is 1.70. The second-order valence-corrected chi connectivity index (χ2v) is 7.23. The van der Waals surface area contributed by atoms with E-state index in [0.29, 0.717) is 11.3 Å². The highest BCUT2D eigenvalue weighted by Crippen LogP contribution is 2.13. The van der Waals surface area contributed by atoms with Gasteiger partial charge in [-0.25, -0.2) is 18.1 Å². The summed E-state index contributed by atoms with van der Waals surface area (Å²) in [6.45, 7) is 1.98. The van der Waals surface area contributed by atoms with Gasteiger partial charge in [0.2, 0.25) is 10.0 Å². The Morgan fingerprint density at radius 1 is 1.33 bits per heavy atom. The summed E-state index contributed by atoms with van der Waals surface area (Å²) < 4.78 is 26.7. The van der Waals surface area contributed by atoms with Crippen molar-refractivity contribution >= 4 is 27.3 Å². The number of carboxylic acid groups (broad SMARTS) is 1. The molecule has 2 aromatic rings. The topological polar surface area (TPSA) is 96.4 Å². The zero-order valence-electron chi connectivity index (χ0n) is 11.2. The third-order valence-corrected chi connectivity index (χ3v) is 4.94. The van der Waals surface area contributed by atoms with E-state index >= 15 is 0 Å². The molecule has 2 rings (SSSR count). The maximum Gasteiger partial charge on any atom is 0.307 e. The average molecular weight is 326 g/mol. The molecule has 21 heavy (non-hydrogen) atoms. The molecular formula is C13H14N2O4S2. The zero-order chi connectivity index (χ0) is 15.5. The average Bonchev–Trinajstić information content (AvgIpc) is 2.82. The minimum absolute atomic E-state index is 0.101. The molecule has 112 valence electrons. The van der Waals surface area contributed by atoms with Crippen LogP contribution >= 0.6 is 11.3 Å². The van der Waals surface area contributed by atoms with Gasteiger partial charge < -0.3 is 5.11 Å². The van der Waals surface area contributed by atoms with Crippen LogP contribution in [-0.4, -0.2) is 24.5 Å². The van der Waals surface area contributed by atoms with Crippen molar-refractivity contribution in [1.82, 2.24) is 9.71 Å². The van der Waals surface area contributed by atoms with Gasteiger partial charge in [-0.3, -0.25) is 4.79 Å². The number of carbonyl (C=O) groups is 1. The molecule has 0 saturated carbocycles. The normalized spacial score (nSPS) is 11.5. The lowest BCUT2D eigenvalue weighted by atomic mass is 10.2. The predicted molar refractivity (Wildman–Crippen MR) is 78.7 cm³/mol. The highest BCUT2D eigenvalue weighted by molar-refractivity contribution is 7.89. The van der Waals surface area contributed by atoms with Crippen molar-refractivity contribution in [2.24, 2.45) is 0 Å². The number of thiazole rings is 1. The van der Waals surface area contributed by atoms with Crippen molar-refractivity contribution in [3.8, 4) is 0 Å². The van der Waals surface area contributed by atoms with Crippen LogP contribution in [0.15, 0.2) is 34.5 Å². The van der Waals surface area contributed by atoms with Crippen LogP contribution in [-0.2, 0) is 27.8 Å². The molecule has 0 atom stereocenters. The molecular weight excluding hydrogens is 312 g/mol. The Kier molecular flexibility index (Phi) is 4.71. The van der Waals surface area contributed by atoms with E-state index in [-0.39, 0.29) is 17.9 Å². The molecule has 1 aromatic carbocycles. The number of nitrogens with zero attached hydrogens (tertiary/aromatic N) is 1. The Hall–Kier alpha value is -1.77. The molecule has 0 aliphatic carbocycles. The van der Waals surface area contributed by atoms with Crippen LogP contribution in [0.2, 0.25) is 0 Å². The van der Waals surface area contributed by atoms with Gasteiger partial charge in [-0.2, -0.15) is 0 Å². The Balaban J connectivity index is 2.06. The van der Waals surface area contributed by atoms with Gasteiger partial charge in [0.1, 0.15) is 0 Å². The Labute approximate surface area is 126 Å². The third kappa shape index (κ3) is 4.35. The number of aliphatic carboxylic acids is 1. The minimum atomic E-state index is -3.63. The molecule has 0 bridgehead atoms. The van der Waals surface area contributed by atoms with Crippen LogP contribution in [0.3, 0.4) is 0 Å². The van der Waals surface area contributed by atoms with Crippen LogP contribution in [0.1, 0.15) is 16.3 Å². The molecule has 6 nitrogen and oxygen atoms in total. The van der Waals surface area contributed by atoms with Gasteiger partial charge in [-0.05, 0) is 24.6 Å². The first-order valence-electron chi connectivity index (χ1n) is 6.08. The predicted octanol–water partition coefficient (Wildman–Crippen LogP) is 1.56. The molecule has 0 amide bonds. The lowest BCUT2D eigenvalue weighted by Crippen LogP contribution is -2.23. The maximum absolute atomic E-state index is 12.1. The lowest BCUT2D eigenvalue weighted by Gasteiger charge is -2.06. The van der Waals surface area contributed by atoms with Gasteiger partial charge in [-0.15, -0.1) is 11.3 Å². The molecule has 0 aliphatic rings. The van der Waals surface area contributed by atoms with Crippen LogP contribution < -0.4 is 4.72 Å². The number of hydrogen-bond donors (Lipinski definition) is 2. The van der Waals surface area contributed by atoms with Crippen molar-refractivity contribution in [2.75, 3.05) is 0 Å². The molecule has 0 spiro atoms. The van der Waals surface area contributed by atoms with Crippen molar-refractivity contribution in [3.05, 3.63) is 45.9 Å². The summed E-state index contributed by atoms with van der Waals surface area (Å²) in [6.07, 6.45) is -0.133. The van der Waals surface area contributed by atoms with Crippen molar-refractivity contribution in [3.63, 3.8) is 0 Å². The molecule has 0 saturated heterocycles. The maximum atomic E-state index is 12.1. The first-order valence-corrected chi connectivity index (χ1v) is 8.44. The van der Waals surface area contributed by atoms with Gasteiger partial charge >= 0.3 is 5.97 Å². The number of carboxylic acids is 1. The zero-order valence-corrected chi connectivity index (χ0v) is 12.9. The van der Waals surface area contributed by atoms with E-state index in [1.54, 1.807) is 5.38 Å². The Morgan fingerprint density at radius 2 is 2.00 bits per heavy atom. The SMILES string of the molecule is Cc1nc(CNS(=O)(=O)c2ccc(CC(=O)O)cc2)cs1. The van der Waals surface area contributed by atoms with Crippen LogP contribution in [0, 0.1) is 6.92 Å². The summed E-state index contributed by atoms with van der Waals surface area (Å²) in [5.41, 5.74) is 1.22. The molecule has 8 heteroatoms. The number of sulfonamides is 1. The summed E-state index contributed by atoms with van der Waals surface area (Å²) in [7, 11) is -3.63. The van der Waals surface area contributed by atoms with Crippen LogP contribution in [0.25, 0.3) is 0 Å². The highest BCUT2D eigenvalue weighted by atomic mass is 32.2. The molecule has 0 unspecified atom stereocenters. The molecule has 1 aromatic heterocycles. The minimum Gasteiger partial charge on any atom is -0.481 e. The molecule has 0 radical (unpaired) electrons. The first-order chi connectivity index (χ1) is 9.87. The second-order valence-electron chi connectivity index (χ2n) is 4.40. The lowest BCUT2D eigenvalue weighted by molar-refractivity contribution is -0.136. The fourth-order valence-corrected chi connectivity index (χ4v) is 3.31.